The Bertz CT molecular complexity index is 1960. The van der Waals surface area contributed by atoms with Crippen molar-refractivity contribution in [1.29, 1.82) is 0 Å². The van der Waals surface area contributed by atoms with Crippen molar-refractivity contribution in [2.45, 2.75) is 134 Å². The summed E-state index contributed by atoms with van der Waals surface area (Å²) in [7, 11) is -4.12. The predicted octanol–water partition coefficient (Wildman–Crippen LogP) is 5.67. The SMILES string of the molecule is CCCCCS(=O)(=O)N1C(=O)C12NC(=O)[C@@H]1C[C@]3(CCc4c(c(C(F)F)nc5ccccc45)O3)CN1C(=O)[C@@H](NC(=O)OC(C)C)CCCCC/C=C\[C@@H]2C. The number of ether oxygens (including phenoxy) is 2. The molecular formula is C39H51F2N5O8S. The summed E-state index contributed by atoms with van der Waals surface area (Å²) in [5.41, 5.74) is -2.85. The van der Waals surface area contributed by atoms with E-state index in [-0.39, 0.29) is 43.7 Å². The van der Waals surface area contributed by atoms with Crippen molar-refractivity contribution < 1.29 is 45.9 Å². The van der Waals surface area contributed by atoms with Crippen LogP contribution in [0, 0.1) is 5.92 Å². The van der Waals surface area contributed by atoms with Crippen molar-refractivity contribution >= 4 is 44.7 Å². The lowest BCUT2D eigenvalue weighted by atomic mass is 9.87. The van der Waals surface area contributed by atoms with Crippen LogP contribution in [0.2, 0.25) is 0 Å². The van der Waals surface area contributed by atoms with E-state index in [9.17, 15) is 36.4 Å². The van der Waals surface area contributed by atoms with Crippen molar-refractivity contribution in [3.63, 3.8) is 0 Å². The number of carbonyl (C=O) groups excluding carboxylic acids is 4. The first-order chi connectivity index (χ1) is 26.1. The van der Waals surface area contributed by atoms with Gasteiger partial charge in [0.1, 0.15) is 23.4 Å². The van der Waals surface area contributed by atoms with Gasteiger partial charge < -0.3 is 25.0 Å². The van der Waals surface area contributed by atoms with Gasteiger partial charge in [0.05, 0.1) is 23.9 Å². The zero-order valence-electron chi connectivity index (χ0n) is 31.8. The largest absolute Gasteiger partial charge is 0.483 e. The highest BCUT2D eigenvalue weighted by Gasteiger charge is 2.72. The first kappa shape index (κ1) is 40.3. The quantitative estimate of drug-likeness (QED) is 0.195. The minimum Gasteiger partial charge on any atom is -0.483 e. The number of hydrogen-bond donors (Lipinski definition) is 2. The molecule has 0 bridgehead atoms. The molecule has 300 valence electrons. The van der Waals surface area contributed by atoms with Crippen LogP contribution >= 0.6 is 0 Å². The van der Waals surface area contributed by atoms with E-state index in [0.717, 1.165) is 10.7 Å². The molecule has 55 heavy (non-hydrogen) atoms. The molecular weight excluding hydrogens is 737 g/mol. The molecule has 0 aliphatic carbocycles. The zero-order valence-corrected chi connectivity index (χ0v) is 32.6. The summed E-state index contributed by atoms with van der Waals surface area (Å²) in [6.07, 6.45) is 4.22. The van der Waals surface area contributed by atoms with E-state index >= 15 is 0 Å². The number of hydrogen-bond acceptors (Lipinski definition) is 9. The summed E-state index contributed by atoms with van der Waals surface area (Å²) in [4.78, 5) is 61.4. The number of allylic oxidation sites excluding steroid dienone is 1. The Kier molecular flexibility index (Phi) is 11.7. The lowest BCUT2D eigenvalue weighted by Gasteiger charge is -2.37. The number of alkyl carbamates (subject to hydrolysis) is 1. The minimum absolute atomic E-state index is 0.0947. The number of sulfonamides is 1. The van der Waals surface area contributed by atoms with Gasteiger partial charge in [-0.15, -0.1) is 0 Å². The number of amides is 4. The monoisotopic (exact) mass is 787 g/mol. The third-order valence-corrected chi connectivity index (χ3v) is 12.9. The zero-order chi connectivity index (χ0) is 39.7. The van der Waals surface area contributed by atoms with Crippen molar-refractivity contribution in [2.24, 2.45) is 5.92 Å². The number of nitrogens with one attached hydrogen (secondary N) is 2. The molecule has 4 aliphatic rings. The van der Waals surface area contributed by atoms with E-state index in [1.807, 2.05) is 13.0 Å². The fourth-order valence-electron chi connectivity index (χ4n) is 8.22. The van der Waals surface area contributed by atoms with Gasteiger partial charge in [0.25, 0.3) is 12.3 Å². The number of rotatable bonds is 8. The van der Waals surface area contributed by atoms with Crippen LogP contribution in [0.25, 0.3) is 10.9 Å². The first-order valence-corrected chi connectivity index (χ1v) is 21.0. The second kappa shape index (κ2) is 16.0. The lowest BCUT2D eigenvalue weighted by Crippen LogP contribution is -2.57. The molecule has 2 aromatic rings. The summed E-state index contributed by atoms with van der Waals surface area (Å²) >= 11 is 0. The number of alkyl halides is 2. The molecule has 2 N–H and O–H groups in total. The molecule has 0 radical (unpaired) electrons. The summed E-state index contributed by atoms with van der Waals surface area (Å²) in [6.45, 7) is 6.73. The van der Waals surface area contributed by atoms with Crippen LogP contribution in [0.1, 0.15) is 110 Å². The number of carbonyl (C=O) groups is 4. The maximum absolute atomic E-state index is 14.7. The van der Waals surface area contributed by atoms with Crippen molar-refractivity contribution in [3.8, 4) is 5.75 Å². The van der Waals surface area contributed by atoms with Crippen molar-refractivity contribution in [2.75, 3.05) is 12.3 Å². The number of para-hydroxylation sites is 1. The van der Waals surface area contributed by atoms with Gasteiger partial charge in [0.2, 0.25) is 27.5 Å². The molecule has 0 saturated carbocycles. The van der Waals surface area contributed by atoms with Gasteiger partial charge in [0, 0.05) is 23.3 Å². The summed E-state index contributed by atoms with van der Waals surface area (Å²) in [5, 5.41) is 6.10. The summed E-state index contributed by atoms with van der Waals surface area (Å²) in [6, 6.07) is 4.49. The minimum atomic E-state index is -4.12. The molecule has 5 heterocycles. The van der Waals surface area contributed by atoms with Crippen LogP contribution in [-0.2, 0) is 35.6 Å². The van der Waals surface area contributed by atoms with Gasteiger partial charge in [-0.3, -0.25) is 14.4 Å². The number of unbranched alkanes of at least 4 members (excludes halogenated alkanes) is 2. The molecule has 13 nitrogen and oxygen atoms in total. The standard InChI is InChI=1S/C39H51F2N5O8S/c1-5-6-14-21-55(51,52)46-36(49)39(46)25(4)15-10-8-7-9-11-18-29(43-37(50)53-24(2)3)35(48)45-23-38(22-30(45)34(47)44-39)20-19-27-26-16-12-13-17-28(26)42-31(33(40)41)32(27)54-38/h10,12-13,15-17,24-25,29-30,33H,5-9,11,14,18-23H2,1-4H3,(H,43,50)(H,44,47)/b15-10-/t25-,29-,30-,38+,39?,46?/m0/s1. The van der Waals surface area contributed by atoms with E-state index in [1.165, 1.54) is 4.90 Å². The fraction of sp³-hybridized carbons (Fsp3) is 0.615. The second-order valence-corrected chi connectivity index (χ2v) is 17.4. The van der Waals surface area contributed by atoms with Gasteiger partial charge in [-0.25, -0.2) is 31.3 Å². The highest BCUT2D eigenvalue weighted by atomic mass is 32.2. The van der Waals surface area contributed by atoms with Gasteiger partial charge >= 0.3 is 6.09 Å². The van der Waals surface area contributed by atoms with Gasteiger partial charge in [-0.05, 0) is 58.4 Å². The Morgan fingerprint density at radius 3 is 2.64 bits per heavy atom. The number of aromatic nitrogens is 1. The predicted molar refractivity (Wildman–Crippen MR) is 199 cm³/mol. The molecule has 6 rings (SSSR count). The smallest absolute Gasteiger partial charge is 0.408 e. The molecule has 1 aromatic carbocycles. The van der Waals surface area contributed by atoms with Crippen LogP contribution in [0.4, 0.5) is 13.6 Å². The molecule has 1 unspecified atom stereocenters. The maximum atomic E-state index is 14.7. The van der Waals surface area contributed by atoms with Crippen LogP contribution in [0.5, 0.6) is 5.75 Å². The molecule has 4 aliphatic heterocycles. The molecule has 2 fully saturated rings. The summed E-state index contributed by atoms with van der Waals surface area (Å²) in [5.74, 6) is -3.33. The van der Waals surface area contributed by atoms with E-state index in [0.29, 0.717) is 55.0 Å². The number of aryl methyl sites for hydroxylation is 1. The van der Waals surface area contributed by atoms with Crippen LogP contribution < -0.4 is 15.4 Å². The molecule has 2 spiro atoms. The topological polar surface area (TPSA) is 164 Å². The molecule has 1 aromatic heterocycles. The fourth-order valence-corrected chi connectivity index (χ4v) is 10.0. The molecule has 4 amide bonds. The van der Waals surface area contributed by atoms with E-state index in [2.05, 4.69) is 15.6 Å². The van der Waals surface area contributed by atoms with Crippen LogP contribution in [0.3, 0.4) is 0 Å². The van der Waals surface area contributed by atoms with E-state index < -0.39 is 81.3 Å². The third-order valence-electron chi connectivity index (χ3n) is 11.1. The Morgan fingerprint density at radius 2 is 1.91 bits per heavy atom. The van der Waals surface area contributed by atoms with Gasteiger partial charge in [-0.2, -0.15) is 0 Å². The van der Waals surface area contributed by atoms with E-state index in [4.69, 9.17) is 9.47 Å². The maximum Gasteiger partial charge on any atom is 0.408 e. The molecule has 5 atom stereocenters. The Labute approximate surface area is 320 Å². The molecule has 16 heteroatoms. The highest BCUT2D eigenvalue weighted by molar-refractivity contribution is 7.90. The molecule has 2 saturated heterocycles. The Balaban J connectivity index is 1.40. The van der Waals surface area contributed by atoms with E-state index in [1.54, 1.807) is 51.1 Å². The number of pyridine rings is 1. The first-order valence-electron chi connectivity index (χ1n) is 19.4. The van der Waals surface area contributed by atoms with Crippen molar-refractivity contribution in [3.05, 3.63) is 47.7 Å². The Hall–Kier alpha value is -4.34. The highest BCUT2D eigenvalue weighted by Crippen LogP contribution is 2.48. The Morgan fingerprint density at radius 1 is 1.15 bits per heavy atom. The third kappa shape index (κ3) is 8.01. The van der Waals surface area contributed by atoms with Gasteiger partial charge in [-0.1, -0.05) is 69.9 Å². The second-order valence-electron chi connectivity index (χ2n) is 15.4. The number of nitrogens with zero attached hydrogens (tertiary/aromatic N) is 3. The normalized spacial score (nSPS) is 28.1. The number of halogens is 2. The van der Waals surface area contributed by atoms with Crippen LogP contribution in [0.15, 0.2) is 36.4 Å². The van der Waals surface area contributed by atoms with Crippen molar-refractivity contribution in [1.82, 2.24) is 24.8 Å². The number of benzene rings is 1. The lowest BCUT2D eigenvalue weighted by molar-refractivity contribution is -0.141. The average molecular weight is 788 g/mol. The van der Waals surface area contributed by atoms with Crippen LogP contribution in [-0.4, -0.2) is 88.2 Å². The summed E-state index contributed by atoms with van der Waals surface area (Å²) < 4.78 is 68.9. The number of fused-ring (bicyclic) bond motifs is 4. The van der Waals surface area contributed by atoms with Gasteiger partial charge in [0.15, 0.2) is 5.75 Å². The average Bonchev–Trinajstić information content (AvgIpc) is 3.57.